The van der Waals surface area contributed by atoms with E-state index in [0.717, 1.165) is 5.56 Å². The summed E-state index contributed by atoms with van der Waals surface area (Å²) in [6.07, 6.45) is 1.63. The van der Waals surface area contributed by atoms with Gasteiger partial charge in [-0.1, -0.05) is 25.1 Å². The summed E-state index contributed by atoms with van der Waals surface area (Å²) in [4.78, 5) is 45.8. The molecule has 0 bridgehead atoms. The fourth-order valence-electron chi connectivity index (χ4n) is 5.00. The Hall–Kier alpha value is -4.00. The number of nitrogens with zero attached hydrogens (tertiary/aromatic N) is 2. The highest BCUT2D eigenvalue weighted by molar-refractivity contribution is 6.05. The number of ether oxygens (including phenoxy) is 10. The quantitative estimate of drug-likeness (QED) is 0.0461. The van der Waals surface area contributed by atoms with Gasteiger partial charge in [-0.15, -0.1) is 0 Å². The monoisotopic (exact) mass is 872 g/mol. The summed E-state index contributed by atoms with van der Waals surface area (Å²) in [5, 5.41) is 17.4. The van der Waals surface area contributed by atoms with Gasteiger partial charge >= 0.3 is 12.1 Å². The van der Waals surface area contributed by atoms with Crippen molar-refractivity contribution in [2.45, 2.75) is 19.8 Å². The molecule has 1 aliphatic rings. The Morgan fingerprint density at radius 2 is 1.00 bits per heavy atom. The Balaban J connectivity index is 1.26. The molecule has 0 radical (unpaired) electrons. The summed E-state index contributed by atoms with van der Waals surface area (Å²) in [7, 11) is 0. The number of rotatable bonds is 40. The van der Waals surface area contributed by atoms with Crippen molar-refractivity contribution in [3.05, 3.63) is 35.4 Å². The van der Waals surface area contributed by atoms with Gasteiger partial charge in [0, 0.05) is 43.7 Å². The van der Waals surface area contributed by atoms with Crippen LogP contribution < -0.4 is 21.7 Å². The Morgan fingerprint density at radius 3 is 1.43 bits per heavy atom. The van der Waals surface area contributed by atoms with Crippen LogP contribution >= 0.6 is 0 Å². The standard InChI is InChI=1S/C40H68N6O15/c1-2-10-46(38(47)35-32-34-5-3-4-6-36(34)45-37(41)33-35)61-13-9-43-39(48)42-7-11-51-14-16-53-18-20-55-22-24-57-26-28-59-30-31-60-29-27-58-25-23-56-21-19-54-17-15-52-12-8-44-40(49)50/h3-6,32,44H,2,7-31,33H2,1H3,(H2,41,45)(H,49,50)(H2,42,43,48). The van der Waals surface area contributed by atoms with E-state index in [1.165, 1.54) is 5.06 Å². The number of nitrogens with two attached hydrogens (primary N) is 1. The van der Waals surface area contributed by atoms with Crippen molar-refractivity contribution in [3.63, 3.8) is 0 Å². The minimum atomic E-state index is -1.07. The van der Waals surface area contributed by atoms with Gasteiger partial charge < -0.3 is 74.2 Å². The lowest BCUT2D eigenvalue weighted by Crippen LogP contribution is -2.41. The average molecular weight is 873 g/mol. The first-order valence-electron chi connectivity index (χ1n) is 20.7. The number of aliphatic imine (C=N–C) groups is 1. The normalized spacial score (nSPS) is 12.3. The number of hydrogen-bond donors (Lipinski definition) is 5. The summed E-state index contributed by atoms with van der Waals surface area (Å²) < 4.78 is 54.3. The van der Waals surface area contributed by atoms with Gasteiger partial charge in [0.15, 0.2) is 0 Å². The molecule has 4 amide bonds. The molecule has 0 saturated carbocycles. The maximum atomic E-state index is 13.3. The van der Waals surface area contributed by atoms with E-state index in [4.69, 9.17) is 63.0 Å². The Labute approximate surface area is 358 Å². The number of urea groups is 1. The van der Waals surface area contributed by atoms with E-state index in [-0.39, 0.29) is 38.1 Å². The van der Waals surface area contributed by atoms with Crippen molar-refractivity contribution >= 4 is 35.6 Å². The lowest BCUT2D eigenvalue weighted by Gasteiger charge is -2.22. The SMILES string of the molecule is CCCN(OCCNC(=O)NCCOCCOCCOCCOCCOCCOCCOCCOCCOCCOCCNC(=O)O)C(=O)C1=Cc2ccccc2N=C(N)C1. The molecule has 0 aliphatic carbocycles. The highest BCUT2D eigenvalue weighted by Gasteiger charge is 2.22. The lowest BCUT2D eigenvalue weighted by atomic mass is 10.1. The maximum Gasteiger partial charge on any atom is 0.404 e. The third-order valence-corrected chi connectivity index (χ3v) is 7.87. The summed E-state index contributed by atoms with van der Waals surface area (Å²) in [5.74, 6) is 0.0650. The number of fused-ring (bicyclic) bond motifs is 1. The number of nitrogens with one attached hydrogen (secondary N) is 3. The highest BCUT2D eigenvalue weighted by Crippen LogP contribution is 2.26. The molecule has 0 spiro atoms. The predicted octanol–water partition coefficient (Wildman–Crippen LogP) is 1.37. The van der Waals surface area contributed by atoms with Crippen LogP contribution in [0.25, 0.3) is 6.08 Å². The number of carboxylic acid groups (broad SMARTS) is 1. The van der Waals surface area contributed by atoms with Crippen LogP contribution in [0.4, 0.5) is 15.3 Å². The number of amides is 4. The average Bonchev–Trinajstić information content (AvgIpc) is 3.42. The Morgan fingerprint density at radius 1 is 0.607 bits per heavy atom. The lowest BCUT2D eigenvalue weighted by molar-refractivity contribution is -0.181. The van der Waals surface area contributed by atoms with Gasteiger partial charge in [0.2, 0.25) is 0 Å². The van der Waals surface area contributed by atoms with E-state index in [1.807, 2.05) is 31.2 Å². The second kappa shape index (κ2) is 37.7. The van der Waals surface area contributed by atoms with Gasteiger partial charge in [-0.3, -0.25) is 9.63 Å². The molecule has 0 aromatic heterocycles. The fraction of sp³-hybridized carbons (Fsp3) is 0.700. The zero-order chi connectivity index (χ0) is 43.9. The van der Waals surface area contributed by atoms with Crippen molar-refractivity contribution in [3.8, 4) is 0 Å². The molecule has 0 unspecified atom stereocenters. The topological polar surface area (TPSA) is 251 Å². The van der Waals surface area contributed by atoms with Crippen LogP contribution in [0.1, 0.15) is 25.3 Å². The number of carbonyl (C=O) groups is 3. The zero-order valence-electron chi connectivity index (χ0n) is 35.6. The van der Waals surface area contributed by atoms with Crippen LogP contribution in [0, 0.1) is 0 Å². The van der Waals surface area contributed by atoms with Gasteiger partial charge in [-0.25, -0.2) is 19.6 Å². The van der Waals surface area contributed by atoms with Gasteiger partial charge in [0.05, 0.1) is 144 Å². The van der Waals surface area contributed by atoms with Crippen LogP contribution in [-0.4, -0.2) is 199 Å². The van der Waals surface area contributed by atoms with Crippen molar-refractivity contribution in [1.82, 2.24) is 21.0 Å². The molecule has 6 N–H and O–H groups in total. The van der Waals surface area contributed by atoms with Crippen molar-refractivity contribution in [2.24, 2.45) is 10.7 Å². The molecule has 21 heteroatoms. The molecule has 1 heterocycles. The number of hydrogen-bond acceptors (Lipinski definition) is 16. The first-order chi connectivity index (χ1) is 29.9. The maximum absolute atomic E-state index is 13.3. The smallest absolute Gasteiger partial charge is 0.404 e. The van der Waals surface area contributed by atoms with Gasteiger partial charge in [-0.05, 0) is 18.6 Å². The molecule has 0 fully saturated rings. The number of benzene rings is 1. The molecular formula is C40H68N6O15. The predicted molar refractivity (Wildman–Crippen MR) is 224 cm³/mol. The first kappa shape index (κ1) is 53.1. The van der Waals surface area contributed by atoms with Crippen LogP contribution in [0.2, 0.25) is 0 Å². The molecular weight excluding hydrogens is 804 g/mol. The van der Waals surface area contributed by atoms with Gasteiger partial charge in [-0.2, -0.15) is 0 Å². The molecule has 0 saturated heterocycles. The number of para-hydroxylation sites is 1. The van der Waals surface area contributed by atoms with Crippen LogP contribution in [-0.2, 0) is 57.0 Å². The molecule has 1 aromatic rings. The van der Waals surface area contributed by atoms with E-state index in [0.29, 0.717) is 169 Å². The largest absolute Gasteiger partial charge is 0.465 e. The molecule has 2 rings (SSSR count). The zero-order valence-corrected chi connectivity index (χ0v) is 35.6. The van der Waals surface area contributed by atoms with Crippen LogP contribution in [0.15, 0.2) is 34.8 Å². The fourth-order valence-corrected chi connectivity index (χ4v) is 5.00. The Bertz CT molecular complexity index is 1360. The second-order valence-corrected chi connectivity index (χ2v) is 12.8. The minimum Gasteiger partial charge on any atom is -0.465 e. The summed E-state index contributed by atoms with van der Waals surface area (Å²) in [5.41, 5.74) is 8.07. The highest BCUT2D eigenvalue weighted by atomic mass is 16.7. The molecule has 1 aromatic carbocycles. The van der Waals surface area contributed by atoms with E-state index >= 15 is 0 Å². The number of carbonyl (C=O) groups excluding carboxylic acids is 2. The van der Waals surface area contributed by atoms with E-state index in [1.54, 1.807) is 6.08 Å². The summed E-state index contributed by atoms with van der Waals surface area (Å²) >= 11 is 0. The minimum absolute atomic E-state index is 0.111. The number of amidine groups is 1. The molecule has 0 atom stereocenters. The summed E-state index contributed by atoms with van der Waals surface area (Å²) in [6, 6.07) is 7.11. The molecule has 348 valence electrons. The summed E-state index contributed by atoms with van der Waals surface area (Å²) in [6.45, 7) is 11.8. The third kappa shape index (κ3) is 29.8. The van der Waals surface area contributed by atoms with Crippen LogP contribution in [0.3, 0.4) is 0 Å². The first-order valence-corrected chi connectivity index (χ1v) is 20.7. The van der Waals surface area contributed by atoms with E-state index in [9.17, 15) is 14.4 Å². The van der Waals surface area contributed by atoms with Crippen molar-refractivity contribution < 1.29 is 71.7 Å². The van der Waals surface area contributed by atoms with Crippen molar-refractivity contribution in [2.75, 3.05) is 165 Å². The van der Waals surface area contributed by atoms with E-state index < -0.39 is 6.09 Å². The molecule has 61 heavy (non-hydrogen) atoms. The second-order valence-electron chi connectivity index (χ2n) is 12.8. The van der Waals surface area contributed by atoms with Crippen molar-refractivity contribution in [1.29, 1.82) is 0 Å². The van der Waals surface area contributed by atoms with Crippen LogP contribution in [0.5, 0.6) is 0 Å². The van der Waals surface area contributed by atoms with Gasteiger partial charge in [0.1, 0.15) is 5.84 Å². The molecule has 1 aliphatic heterocycles. The van der Waals surface area contributed by atoms with E-state index in [2.05, 4.69) is 20.9 Å². The third-order valence-electron chi connectivity index (χ3n) is 7.87. The van der Waals surface area contributed by atoms with Gasteiger partial charge in [0.25, 0.3) is 5.91 Å². The number of hydroxylamine groups is 2. The molecule has 21 nitrogen and oxygen atoms in total. The Kier molecular flexibility index (Phi) is 32.9.